The Labute approximate surface area is 388 Å². The summed E-state index contributed by atoms with van der Waals surface area (Å²) in [5.74, 6) is -2.76. The maximum absolute atomic E-state index is 10.2. The summed E-state index contributed by atoms with van der Waals surface area (Å²) in [6.07, 6.45) is 65.8. The minimum absolute atomic E-state index is 0. The highest BCUT2D eigenvalue weighted by atomic mass is 27.0. The van der Waals surface area contributed by atoms with Crippen LogP contribution in [0.25, 0.3) is 0 Å². The van der Waals surface area contributed by atoms with Gasteiger partial charge in [0.1, 0.15) is 0 Å². The van der Waals surface area contributed by atoms with Crippen molar-refractivity contribution in [1.29, 1.82) is 0 Å². The van der Waals surface area contributed by atoms with Crippen molar-refractivity contribution in [2.75, 3.05) is 0 Å². The summed E-state index contributed by atoms with van der Waals surface area (Å²) in [6.45, 7) is 6.70. The number of unbranched alkanes of at least 4 members (excludes halogenated alkanes) is 24. The molecule has 0 N–H and O–H groups in total. The molecule has 0 heterocycles. The van der Waals surface area contributed by atoms with Gasteiger partial charge >= 0.3 is 0 Å². The van der Waals surface area contributed by atoms with Crippen LogP contribution >= 0.6 is 0 Å². The van der Waals surface area contributed by atoms with Crippen molar-refractivity contribution in [2.45, 2.75) is 252 Å². The van der Waals surface area contributed by atoms with Crippen molar-refractivity contribution in [3.63, 3.8) is 0 Å². The second-order valence-electron chi connectivity index (χ2n) is 16.1. The van der Waals surface area contributed by atoms with E-state index in [1.165, 1.54) is 116 Å². The third-order valence-electron chi connectivity index (χ3n) is 9.99. The molecular formula is C54H93AlO6-3. The van der Waals surface area contributed by atoms with E-state index in [-0.39, 0.29) is 36.6 Å². The number of hydrogen-bond donors (Lipinski definition) is 0. The van der Waals surface area contributed by atoms with Crippen molar-refractivity contribution in [3.8, 4) is 0 Å². The zero-order chi connectivity index (χ0) is 44.7. The van der Waals surface area contributed by atoms with Crippen LogP contribution in [-0.2, 0) is 14.4 Å². The van der Waals surface area contributed by atoms with E-state index in [2.05, 4.69) is 93.7 Å². The predicted molar refractivity (Wildman–Crippen MR) is 259 cm³/mol. The highest BCUT2D eigenvalue weighted by molar-refractivity contribution is 5.75. The molecule has 7 heteroatoms. The lowest BCUT2D eigenvalue weighted by molar-refractivity contribution is -0.307. The number of rotatable bonds is 42. The van der Waals surface area contributed by atoms with Gasteiger partial charge in [-0.15, -0.1) is 0 Å². The Morgan fingerprint density at radius 3 is 0.656 bits per heavy atom. The highest BCUT2D eigenvalue weighted by Gasteiger charge is 1.93. The highest BCUT2D eigenvalue weighted by Crippen LogP contribution is 2.10. The zero-order valence-corrected chi connectivity index (χ0v) is 41.1. The van der Waals surface area contributed by atoms with Crippen LogP contribution in [0.5, 0.6) is 0 Å². The van der Waals surface area contributed by atoms with Crippen LogP contribution in [0.4, 0.5) is 0 Å². The van der Waals surface area contributed by atoms with Crippen LogP contribution in [0, 0.1) is 0 Å². The smallest absolute Gasteiger partial charge is 0.0414 e. The first kappa shape index (κ1) is 65.0. The van der Waals surface area contributed by atoms with Crippen molar-refractivity contribution in [3.05, 3.63) is 72.9 Å². The van der Waals surface area contributed by atoms with Gasteiger partial charge in [-0.2, -0.15) is 0 Å². The lowest BCUT2D eigenvalue weighted by Crippen LogP contribution is -2.21. The van der Waals surface area contributed by atoms with Gasteiger partial charge in [0.15, 0.2) is 0 Å². The van der Waals surface area contributed by atoms with Crippen LogP contribution in [0.15, 0.2) is 72.9 Å². The van der Waals surface area contributed by atoms with E-state index in [0.29, 0.717) is 0 Å². The number of hydrogen-bond acceptors (Lipinski definition) is 6. The molecule has 0 saturated heterocycles. The summed E-state index contributed by atoms with van der Waals surface area (Å²) in [6, 6.07) is 0. The summed E-state index contributed by atoms with van der Waals surface area (Å²) in [7, 11) is 0. The zero-order valence-electron chi connectivity index (χ0n) is 39.9. The molecule has 0 spiro atoms. The molecule has 61 heavy (non-hydrogen) atoms. The minimum atomic E-state index is -0.921. The van der Waals surface area contributed by atoms with E-state index >= 15 is 0 Å². The number of carboxylic acids is 3. The number of carbonyl (C=O) groups excluding carboxylic acids is 3. The Bertz CT molecular complexity index is 940. The first-order valence-corrected chi connectivity index (χ1v) is 24.8. The fourth-order valence-corrected chi connectivity index (χ4v) is 6.24. The van der Waals surface area contributed by atoms with Crippen LogP contribution in [-0.4, -0.2) is 35.3 Å². The van der Waals surface area contributed by atoms with E-state index in [1.54, 1.807) is 0 Å². The second-order valence-corrected chi connectivity index (χ2v) is 16.1. The monoisotopic (exact) mass is 865 g/mol. The molecule has 0 saturated carbocycles. The van der Waals surface area contributed by atoms with E-state index in [4.69, 9.17) is 0 Å². The second kappa shape index (κ2) is 61.7. The van der Waals surface area contributed by atoms with E-state index < -0.39 is 17.9 Å². The molecule has 0 fully saturated rings. The Morgan fingerprint density at radius 2 is 0.459 bits per heavy atom. The molecule has 0 bridgehead atoms. The predicted octanol–water partition coefficient (Wildman–Crippen LogP) is 13.3. The fraction of sp³-hybridized carbons (Fsp3) is 0.722. The molecule has 0 aliphatic rings. The molecule has 0 rings (SSSR count). The Kier molecular flexibility index (Phi) is 65.7. The normalized spacial score (nSPS) is 11.5. The molecular weight excluding hydrogens is 772 g/mol. The van der Waals surface area contributed by atoms with Gasteiger partial charge in [0.25, 0.3) is 0 Å². The molecule has 0 aromatic heterocycles. The maximum Gasteiger partial charge on any atom is 0.0414 e. The summed E-state index contributed by atoms with van der Waals surface area (Å²) >= 11 is 0. The van der Waals surface area contributed by atoms with E-state index in [0.717, 1.165) is 96.3 Å². The third kappa shape index (κ3) is 75.2. The van der Waals surface area contributed by atoms with Gasteiger partial charge in [0, 0.05) is 35.3 Å². The number of carbonyl (C=O) groups is 3. The Morgan fingerprint density at radius 1 is 0.279 bits per heavy atom. The van der Waals surface area contributed by atoms with Crippen LogP contribution in [0.3, 0.4) is 0 Å². The first-order chi connectivity index (χ1) is 29.3. The molecule has 0 aliphatic heterocycles. The molecule has 0 aromatic rings. The summed E-state index contributed by atoms with van der Waals surface area (Å²) in [4.78, 5) is 30.6. The summed E-state index contributed by atoms with van der Waals surface area (Å²) in [5.41, 5.74) is 0. The van der Waals surface area contributed by atoms with Gasteiger partial charge < -0.3 is 29.7 Å². The summed E-state index contributed by atoms with van der Waals surface area (Å²) in [5, 5.41) is 30.6. The number of aliphatic carboxylic acids is 3. The topological polar surface area (TPSA) is 120 Å². The van der Waals surface area contributed by atoms with Crippen molar-refractivity contribution in [1.82, 2.24) is 0 Å². The SMILES string of the molecule is CCCCCC=CCC=CCCCCCCCC(=O)[O-].CCCCCC=CCC=CCCCCCCCC(=O)[O-].CCCCCC=CCC=CCCCCCCCC(=O)[O-].[Al]. The van der Waals surface area contributed by atoms with Crippen LogP contribution in [0.2, 0.25) is 0 Å². The van der Waals surface area contributed by atoms with Crippen LogP contribution in [0.1, 0.15) is 252 Å². The molecule has 3 radical (unpaired) electrons. The summed E-state index contributed by atoms with van der Waals surface area (Å²) < 4.78 is 0. The molecule has 0 atom stereocenters. The van der Waals surface area contributed by atoms with Gasteiger partial charge in [0.05, 0.1) is 0 Å². The molecule has 0 aromatic carbocycles. The van der Waals surface area contributed by atoms with Crippen LogP contribution < -0.4 is 15.3 Å². The minimum Gasteiger partial charge on any atom is -0.550 e. The van der Waals surface area contributed by atoms with E-state index in [1.807, 2.05) is 0 Å². The number of allylic oxidation sites excluding steroid dienone is 12. The Hall–Kier alpha value is -2.62. The standard InChI is InChI=1S/3C18H32O2.Al/c3*1-2-3-4-5-6-7-8-9-10-11-12-13-14-15-16-17-18(19)20;/h3*6-7,9-10H,2-5,8,11-17H2,1H3,(H,19,20);/p-3. The molecule has 0 unspecified atom stereocenters. The maximum atomic E-state index is 10.2. The van der Waals surface area contributed by atoms with Gasteiger partial charge in [-0.3, -0.25) is 0 Å². The van der Waals surface area contributed by atoms with Gasteiger partial charge in [0.2, 0.25) is 0 Å². The fourth-order valence-electron chi connectivity index (χ4n) is 6.24. The quantitative estimate of drug-likeness (QED) is 0.0342. The average molecular weight is 865 g/mol. The van der Waals surface area contributed by atoms with Crippen molar-refractivity contribution >= 4 is 35.3 Å². The van der Waals surface area contributed by atoms with E-state index in [9.17, 15) is 29.7 Å². The molecule has 0 amide bonds. The lowest BCUT2D eigenvalue weighted by Gasteiger charge is -2.01. The Balaban J connectivity index is -0.000000396. The van der Waals surface area contributed by atoms with Crippen molar-refractivity contribution in [2.24, 2.45) is 0 Å². The van der Waals surface area contributed by atoms with Crippen molar-refractivity contribution < 1.29 is 29.7 Å². The third-order valence-corrected chi connectivity index (χ3v) is 9.99. The van der Waals surface area contributed by atoms with Gasteiger partial charge in [-0.25, -0.2) is 0 Å². The molecule has 0 aliphatic carbocycles. The van der Waals surface area contributed by atoms with Gasteiger partial charge in [-0.1, -0.05) is 190 Å². The lowest BCUT2D eigenvalue weighted by atomic mass is 10.1. The number of carboxylic acid groups (broad SMARTS) is 3. The van der Waals surface area contributed by atoms with Gasteiger partial charge in [-0.05, 0) is 135 Å². The first-order valence-electron chi connectivity index (χ1n) is 24.8. The molecule has 6 nitrogen and oxygen atoms in total. The average Bonchev–Trinajstić information content (AvgIpc) is 3.22. The largest absolute Gasteiger partial charge is 0.550 e. The molecule has 351 valence electrons.